The van der Waals surface area contributed by atoms with E-state index in [1.54, 1.807) is 18.0 Å². The summed E-state index contributed by atoms with van der Waals surface area (Å²) >= 11 is 0. The van der Waals surface area contributed by atoms with Crippen LogP contribution in [-0.2, 0) is 7.05 Å². The van der Waals surface area contributed by atoms with Gasteiger partial charge in [0.25, 0.3) is 0 Å². The van der Waals surface area contributed by atoms with E-state index in [1.165, 1.54) is 0 Å². The molecule has 0 aliphatic heterocycles. The Kier molecular flexibility index (Phi) is 5.79. The van der Waals surface area contributed by atoms with E-state index in [4.69, 9.17) is 9.47 Å². The van der Waals surface area contributed by atoms with E-state index in [0.29, 0.717) is 30.5 Å². The molecule has 0 bridgehead atoms. The molecule has 2 N–H and O–H groups in total. The van der Waals surface area contributed by atoms with Crippen LogP contribution < -0.4 is 20.1 Å². The van der Waals surface area contributed by atoms with Gasteiger partial charge in [0, 0.05) is 7.05 Å². The summed E-state index contributed by atoms with van der Waals surface area (Å²) in [6, 6.07) is 6.83. The van der Waals surface area contributed by atoms with Crippen LogP contribution in [0.2, 0.25) is 0 Å². The lowest BCUT2D eigenvalue weighted by molar-refractivity contribution is 0.232. The fourth-order valence-corrected chi connectivity index (χ4v) is 2.06. The lowest BCUT2D eigenvalue weighted by Crippen LogP contribution is -2.39. The topological polar surface area (TPSA) is 90.3 Å². The van der Waals surface area contributed by atoms with Crippen molar-refractivity contribution in [2.24, 2.45) is 7.05 Å². The molecule has 23 heavy (non-hydrogen) atoms. The Morgan fingerprint density at radius 2 is 2.09 bits per heavy atom. The number of carbonyl (C=O) groups is 1. The number of hydrogen-bond donors (Lipinski definition) is 2. The smallest absolute Gasteiger partial charge is 0.315 e. The highest BCUT2D eigenvalue weighted by Crippen LogP contribution is 2.25. The zero-order valence-electron chi connectivity index (χ0n) is 13.4. The van der Waals surface area contributed by atoms with Crippen LogP contribution in [0.4, 0.5) is 4.79 Å². The number of ether oxygens (including phenoxy) is 2. The molecule has 0 saturated heterocycles. The summed E-state index contributed by atoms with van der Waals surface area (Å²) in [6.45, 7) is 2.55. The van der Waals surface area contributed by atoms with E-state index in [-0.39, 0.29) is 12.1 Å². The molecule has 8 heteroatoms. The average molecular weight is 319 g/mol. The normalized spacial score (nSPS) is 11.6. The first-order valence-electron chi connectivity index (χ1n) is 7.26. The van der Waals surface area contributed by atoms with Gasteiger partial charge in [-0.1, -0.05) is 12.1 Å². The highest BCUT2D eigenvalue weighted by atomic mass is 16.5. The van der Waals surface area contributed by atoms with E-state index in [2.05, 4.69) is 20.8 Å². The van der Waals surface area contributed by atoms with Gasteiger partial charge in [-0.05, 0) is 19.1 Å². The van der Waals surface area contributed by atoms with Crippen molar-refractivity contribution >= 4 is 6.03 Å². The summed E-state index contributed by atoms with van der Waals surface area (Å²) in [7, 11) is 3.41. The van der Waals surface area contributed by atoms with E-state index in [0.717, 1.165) is 0 Å². The SMILES string of the molecule is COc1ccccc1OCCNC(=O)N[C@@H](C)c1nncn1C. The maximum absolute atomic E-state index is 11.8. The van der Waals surface area contributed by atoms with Crippen LogP contribution >= 0.6 is 0 Å². The molecule has 8 nitrogen and oxygen atoms in total. The molecule has 1 aromatic heterocycles. The molecule has 1 atom stereocenters. The summed E-state index contributed by atoms with van der Waals surface area (Å²) < 4.78 is 12.5. The second-order valence-corrected chi connectivity index (χ2v) is 4.92. The Balaban J connectivity index is 1.72. The van der Waals surface area contributed by atoms with Crippen LogP contribution in [0.5, 0.6) is 11.5 Å². The highest BCUT2D eigenvalue weighted by molar-refractivity contribution is 5.74. The zero-order valence-corrected chi connectivity index (χ0v) is 13.4. The molecule has 0 fully saturated rings. The van der Waals surface area contributed by atoms with Crippen molar-refractivity contribution in [3.05, 3.63) is 36.4 Å². The number of urea groups is 1. The van der Waals surface area contributed by atoms with Crippen LogP contribution in [0.15, 0.2) is 30.6 Å². The Morgan fingerprint density at radius 3 is 2.74 bits per heavy atom. The van der Waals surface area contributed by atoms with Gasteiger partial charge in [0.15, 0.2) is 17.3 Å². The maximum Gasteiger partial charge on any atom is 0.315 e. The molecule has 0 saturated carbocycles. The van der Waals surface area contributed by atoms with Crippen molar-refractivity contribution in [2.75, 3.05) is 20.3 Å². The predicted octanol–water partition coefficient (Wildman–Crippen LogP) is 1.26. The summed E-state index contributed by atoms with van der Waals surface area (Å²) in [5.41, 5.74) is 0. The van der Waals surface area contributed by atoms with Crippen molar-refractivity contribution < 1.29 is 14.3 Å². The number of benzene rings is 1. The molecule has 0 radical (unpaired) electrons. The Morgan fingerprint density at radius 1 is 1.35 bits per heavy atom. The van der Waals surface area contributed by atoms with Gasteiger partial charge >= 0.3 is 6.03 Å². The summed E-state index contributed by atoms with van der Waals surface area (Å²) in [5.74, 6) is 1.99. The van der Waals surface area contributed by atoms with E-state index in [9.17, 15) is 4.79 Å². The molecule has 124 valence electrons. The van der Waals surface area contributed by atoms with Gasteiger partial charge in [-0.25, -0.2) is 4.79 Å². The molecule has 0 aliphatic rings. The molecule has 0 unspecified atom stereocenters. The number of hydrogen-bond acceptors (Lipinski definition) is 5. The first kappa shape index (κ1) is 16.6. The third kappa shape index (κ3) is 4.60. The van der Waals surface area contributed by atoms with E-state index < -0.39 is 0 Å². The summed E-state index contributed by atoms with van der Waals surface area (Å²) in [6.07, 6.45) is 1.59. The number of rotatable bonds is 7. The van der Waals surface area contributed by atoms with Crippen molar-refractivity contribution in [2.45, 2.75) is 13.0 Å². The van der Waals surface area contributed by atoms with Gasteiger partial charge in [-0.15, -0.1) is 10.2 Å². The third-order valence-electron chi connectivity index (χ3n) is 3.20. The molecule has 0 aliphatic carbocycles. The fraction of sp³-hybridized carbons (Fsp3) is 0.400. The van der Waals surface area contributed by atoms with Gasteiger partial charge in [-0.3, -0.25) is 0 Å². The molecule has 2 amide bonds. The molecular weight excluding hydrogens is 298 g/mol. The molecule has 2 aromatic rings. The maximum atomic E-state index is 11.8. The Hall–Kier alpha value is -2.77. The average Bonchev–Trinajstić information content (AvgIpc) is 2.98. The van der Waals surface area contributed by atoms with Crippen molar-refractivity contribution in [3.8, 4) is 11.5 Å². The molecule has 2 rings (SSSR count). The molecule has 1 heterocycles. The second kappa shape index (κ2) is 8.02. The van der Waals surface area contributed by atoms with E-state index >= 15 is 0 Å². The zero-order chi connectivity index (χ0) is 16.7. The standard InChI is InChI=1S/C15H21N5O3/c1-11(14-19-17-10-20(14)2)18-15(21)16-8-9-23-13-7-5-4-6-12(13)22-3/h4-7,10-11H,8-9H2,1-3H3,(H2,16,18,21)/t11-/m0/s1. The molecular formula is C15H21N5O3. The summed E-state index contributed by atoms with van der Waals surface area (Å²) in [4.78, 5) is 11.8. The number of para-hydroxylation sites is 2. The lowest BCUT2D eigenvalue weighted by Gasteiger charge is -2.14. The van der Waals surface area contributed by atoms with Crippen LogP contribution in [-0.4, -0.2) is 41.1 Å². The van der Waals surface area contributed by atoms with Gasteiger partial charge in [0.05, 0.1) is 19.7 Å². The lowest BCUT2D eigenvalue weighted by atomic mass is 10.3. The van der Waals surface area contributed by atoms with E-state index in [1.807, 2.05) is 38.2 Å². The quantitative estimate of drug-likeness (QED) is 0.750. The van der Waals surface area contributed by atoms with Crippen LogP contribution in [0.1, 0.15) is 18.8 Å². The van der Waals surface area contributed by atoms with Crippen LogP contribution in [0.3, 0.4) is 0 Å². The van der Waals surface area contributed by atoms with Gasteiger partial charge in [0.1, 0.15) is 12.9 Å². The summed E-state index contributed by atoms with van der Waals surface area (Å²) in [5, 5.41) is 13.3. The first-order chi connectivity index (χ1) is 11.1. The van der Waals surface area contributed by atoms with Gasteiger partial charge in [0.2, 0.25) is 0 Å². The number of nitrogens with one attached hydrogen (secondary N) is 2. The number of aromatic nitrogens is 3. The predicted molar refractivity (Wildman–Crippen MR) is 84.4 cm³/mol. The number of amides is 2. The van der Waals surface area contributed by atoms with Crippen molar-refractivity contribution in [1.82, 2.24) is 25.4 Å². The van der Waals surface area contributed by atoms with Gasteiger partial charge < -0.3 is 24.7 Å². The van der Waals surface area contributed by atoms with Crippen LogP contribution in [0.25, 0.3) is 0 Å². The second-order valence-electron chi connectivity index (χ2n) is 4.92. The van der Waals surface area contributed by atoms with Crippen LogP contribution in [0, 0.1) is 0 Å². The Labute approximate surface area is 134 Å². The Bertz CT molecular complexity index is 644. The molecule has 0 spiro atoms. The minimum atomic E-state index is -0.288. The molecule has 1 aromatic carbocycles. The number of carbonyl (C=O) groups excluding carboxylic acids is 1. The number of aryl methyl sites for hydroxylation is 1. The minimum absolute atomic E-state index is 0.238. The van der Waals surface area contributed by atoms with Crippen molar-refractivity contribution in [1.29, 1.82) is 0 Å². The van der Waals surface area contributed by atoms with Crippen molar-refractivity contribution in [3.63, 3.8) is 0 Å². The monoisotopic (exact) mass is 319 g/mol. The van der Waals surface area contributed by atoms with Gasteiger partial charge in [-0.2, -0.15) is 0 Å². The number of methoxy groups -OCH3 is 1. The third-order valence-corrected chi connectivity index (χ3v) is 3.20. The number of nitrogens with zero attached hydrogens (tertiary/aromatic N) is 3. The first-order valence-corrected chi connectivity index (χ1v) is 7.26. The highest BCUT2D eigenvalue weighted by Gasteiger charge is 2.13. The fourth-order valence-electron chi connectivity index (χ4n) is 2.06. The largest absolute Gasteiger partial charge is 0.493 e. The minimum Gasteiger partial charge on any atom is -0.493 e.